The largest absolute Gasteiger partial charge is 0.384 e. The molecule has 0 aliphatic rings. The highest BCUT2D eigenvalue weighted by Gasteiger charge is 2.19. The Bertz CT molecular complexity index is 543. The number of pyridine rings is 1. The van der Waals surface area contributed by atoms with Crippen molar-refractivity contribution in [2.45, 2.75) is 12.2 Å². The fourth-order valence-corrected chi connectivity index (χ4v) is 1.62. The van der Waals surface area contributed by atoms with Crippen molar-refractivity contribution < 1.29 is 10.2 Å². The lowest BCUT2D eigenvalue weighted by molar-refractivity contribution is 0.0536. The second-order valence-electron chi connectivity index (χ2n) is 3.47. The number of benzene rings is 1. The Balaban J connectivity index is 2.57. The van der Waals surface area contributed by atoms with Gasteiger partial charge in [0.25, 0.3) is 0 Å². The molecular formula is C12H10N2O2. The van der Waals surface area contributed by atoms with Crippen LogP contribution in [-0.4, -0.2) is 21.3 Å². The molecule has 2 N–H and O–H groups in total. The van der Waals surface area contributed by atoms with Gasteiger partial charge in [0.2, 0.25) is 0 Å². The standard InChI is InChI=1S/C12H10N2O2/c13-5-11(15)12(16)10-7-14-6-8-3-1-2-4-9(8)10/h1-4,6-7,11-12,15-16H. The van der Waals surface area contributed by atoms with Gasteiger partial charge in [0.05, 0.1) is 6.07 Å². The van der Waals surface area contributed by atoms with E-state index in [0.717, 1.165) is 10.8 Å². The van der Waals surface area contributed by atoms with Gasteiger partial charge in [-0.1, -0.05) is 24.3 Å². The highest BCUT2D eigenvalue weighted by molar-refractivity contribution is 5.85. The second-order valence-corrected chi connectivity index (χ2v) is 3.47. The van der Waals surface area contributed by atoms with Crippen LogP contribution in [0.5, 0.6) is 0 Å². The molecule has 4 nitrogen and oxygen atoms in total. The Morgan fingerprint density at radius 1 is 1.19 bits per heavy atom. The van der Waals surface area contributed by atoms with Crippen molar-refractivity contribution >= 4 is 10.8 Å². The molecule has 1 heterocycles. The van der Waals surface area contributed by atoms with Gasteiger partial charge < -0.3 is 10.2 Å². The molecule has 1 aromatic heterocycles. The van der Waals surface area contributed by atoms with Crippen LogP contribution < -0.4 is 0 Å². The number of hydrogen-bond acceptors (Lipinski definition) is 4. The van der Waals surface area contributed by atoms with Gasteiger partial charge in [-0.25, -0.2) is 0 Å². The van der Waals surface area contributed by atoms with Gasteiger partial charge in [0, 0.05) is 23.3 Å². The van der Waals surface area contributed by atoms with E-state index in [1.54, 1.807) is 12.3 Å². The Morgan fingerprint density at radius 3 is 2.69 bits per heavy atom. The molecule has 4 heteroatoms. The minimum Gasteiger partial charge on any atom is -0.384 e. The minimum absolute atomic E-state index is 0.465. The minimum atomic E-state index is -1.44. The molecule has 0 radical (unpaired) electrons. The third-order valence-corrected chi connectivity index (χ3v) is 2.45. The number of fused-ring (bicyclic) bond motifs is 1. The molecule has 0 spiro atoms. The molecule has 16 heavy (non-hydrogen) atoms. The average Bonchev–Trinajstić information content (AvgIpc) is 2.36. The summed E-state index contributed by atoms with van der Waals surface area (Å²) in [6.07, 6.45) is 0.467. The molecule has 0 amide bonds. The number of nitrogens with zero attached hydrogens (tertiary/aromatic N) is 2. The summed E-state index contributed by atoms with van der Waals surface area (Å²) >= 11 is 0. The lowest BCUT2D eigenvalue weighted by atomic mass is 10.0. The number of rotatable bonds is 2. The Kier molecular flexibility index (Phi) is 2.82. The number of aliphatic hydroxyl groups is 2. The van der Waals surface area contributed by atoms with E-state index in [1.807, 2.05) is 24.3 Å². The summed E-state index contributed by atoms with van der Waals surface area (Å²) in [5.74, 6) is 0. The molecule has 0 bridgehead atoms. The zero-order chi connectivity index (χ0) is 11.5. The van der Waals surface area contributed by atoms with Crippen molar-refractivity contribution in [2.75, 3.05) is 0 Å². The van der Waals surface area contributed by atoms with E-state index >= 15 is 0 Å². The molecule has 0 saturated heterocycles. The number of aromatic nitrogens is 1. The van der Waals surface area contributed by atoms with Crippen LogP contribution in [0.4, 0.5) is 0 Å². The van der Waals surface area contributed by atoms with E-state index in [4.69, 9.17) is 5.26 Å². The predicted molar refractivity (Wildman–Crippen MR) is 58.3 cm³/mol. The van der Waals surface area contributed by atoms with E-state index in [2.05, 4.69) is 4.98 Å². The monoisotopic (exact) mass is 214 g/mol. The van der Waals surface area contributed by atoms with Gasteiger partial charge in [-0.15, -0.1) is 0 Å². The van der Waals surface area contributed by atoms with Crippen molar-refractivity contribution in [3.05, 3.63) is 42.2 Å². The topological polar surface area (TPSA) is 77.1 Å². The lowest BCUT2D eigenvalue weighted by Gasteiger charge is -2.13. The van der Waals surface area contributed by atoms with Gasteiger partial charge >= 0.3 is 0 Å². The number of hydrogen-bond donors (Lipinski definition) is 2. The Labute approximate surface area is 92.4 Å². The zero-order valence-electron chi connectivity index (χ0n) is 8.41. The van der Waals surface area contributed by atoms with Crippen molar-refractivity contribution in [1.29, 1.82) is 5.26 Å². The molecule has 2 atom stereocenters. The van der Waals surface area contributed by atoms with E-state index in [0.29, 0.717) is 5.56 Å². The van der Waals surface area contributed by atoms with Crippen LogP contribution in [0, 0.1) is 11.3 Å². The molecule has 2 aromatic rings. The van der Waals surface area contributed by atoms with E-state index in [9.17, 15) is 10.2 Å². The second kappa shape index (κ2) is 4.27. The Morgan fingerprint density at radius 2 is 1.94 bits per heavy atom. The first-order valence-electron chi connectivity index (χ1n) is 4.82. The van der Waals surface area contributed by atoms with Gasteiger partial charge in [-0.3, -0.25) is 4.98 Å². The molecule has 80 valence electrons. The average molecular weight is 214 g/mol. The molecule has 0 saturated carbocycles. The van der Waals surface area contributed by atoms with Crippen LogP contribution in [0.1, 0.15) is 11.7 Å². The first-order valence-corrected chi connectivity index (χ1v) is 4.82. The van der Waals surface area contributed by atoms with Crippen LogP contribution >= 0.6 is 0 Å². The van der Waals surface area contributed by atoms with Crippen LogP contribution in [0.2, 0.25) is 0 Å². The van der Waals surface area contributed by atoms with Crippen molar-refractivity contribution in [2.24, 2.45) is 0 Å². The van der Waals surface area contributed by atoms with E-state index < -0.39 is 12.2 Å². The molecule has 0 fully saturated rings. The summed E-state index contributed by atoms with van der Waals surface area (Å²) < 4.78 is 0. The maximum atomic E-state index is 9.77. The SMILES string of the molecule is N#CC(O)C(O)c1cncc2ccccc12. The summed E-state index contributed by atoms with van der Waals surface area (Å²) in [5.41, 5.74) is 0.465. The van der Waals surface area contributed by atoms with Crippen molar-refractivity contribution in [3.63, 3.8) is 0 Å². The van der Waals surface area contributed by atoms with Crippen LogP contribution in [0.15, 0.2) is 36.7 Å². The van der Waals surface area contributed by atoms with Gasteiger partial charge in [0.15, 0.2) is 6.10 Å². The van der Waals surface area contributed by atoms with Crippen LogP contribution in [0.3, 0.4) is 0 Å². The zero-order valence-corrected chi connectivity index (χ0v) is 8.41. The Hall–Kier alpha value is -1.96. The van der Waals surface area contributed by atoms with E-state index in [1.165, 1.54) is 6.20 Å². The highest BCUT2D eigenvalue weighted by Crippen LogP contribution is 2.24. The molecule has 0 aliphatic carbocycles. The first-order chi connectivity index (χ1) is 7.74. The molecule has 1 aromatic carbocycles. The quantitative estimate of drug-likeness (QED) is 0.735. The number of aliphatic hydroxyl groups excluding tert-OH is 2. The maximum absolute atomic E-state index is 9.77. The first kappa shape index (κ1) is 10.6. The maximum Gasteiger partial charge on any atom is 0.170 e. The van der Waals surface area contributed by atoms with Crippen LogP contribution in [0.25, 0.3) is 10.8 Å². The fraction of sp³-hybridized carbons (Fsp3) is 0.167. The third kappa shape index (κ3) is 1.74. The molecule has 2 unspecified atom stereocenters. The van der Waals surface area contributed by atoms with Gasteiger partial charge in [-0.2, -0.15) is 5.26 Å². The van der Waals surface area contributed by atoms with E-state index in [-0.39, 0.29) is 0 Å². The summed E-state index contributed by atoms with van der Waals surface area (Å²) in [6, 6.07) is 8.98. The highest BCUT2D eigenvalue weighted by atomic mass is 16.3. The van der Waals surface area contributed by atoms with Crippen LogP contribution in [-0.2, 0) is 0 Å². The summed E-state index contributed by atoms with van der Waals surface area (Å²) in [4.78, 5) is 3.97. The normalized spacial score (nSPS) is 14.3. The predicted octanol–water partition coefficient (Wildman–Crippen LogP) is 1.15. The molecule has 0 aliphatic heterocycles. The summed E-state index contributed by atoms with van der Waals surface area (Å²) in [6.45, 7) is 0. The molecular weight excluding hydrogens is 204 g/mol. The number of nitriles is 1. The smallest absolute Gasteiger partial charge is 0.170 e. The summed E-state index contributed by atoms with van der Waals surface area (Å²) in [7, 11) is 0. The molecule has 2 rings (SSSR count). The van der Waals surface area contributed by atoms with Gasteiger partial charge in [-0.05, 0) is 5.39 Å². The fourth-order valence-electron chi connectivity index (χ4n) is 1.62. The third-order valence-electron chi connectivity index (χ3n) is 2.45. The van der Waals surface area contributed by atoms with Crippen molar-refractivity contribution in [1.82, 2.24) is 4.98 Å². The lowest BCUT2D eigenvalue weighted by Crippen LogP contribution is -2.16. The van der Waals surface area contributed by atoms with Crippen molar-refractivity contribution in [3.8, 4) is 6.07 Å². The summed E-state index contributed by atoms with van der Waals surface area (Å²) in [5, 5.41) is 29.3. The van der Waals surface area contributed by atoms with Gasteiger partial charge in [0.1, 0.15) is 6.10 Å².